The van der Waals surface area contributed by atoms with Crippen LogP contribution in [0.25, 0.3) is 0 Å². The van der Waals surface area contributed by atoms with E-state index in [1.807, 2.05) is 0 Å². The lowest BCUT2D eigenvalue weighted by Gasteiger charge is -2.42. The smallest absolute Gasteiger partial charge is 0.497 e. The Hall–Kier alpha value is -4.25. The highest BCUT2D eigenvalue weighted by Crippen LogP contribution is 2.56. The molecule has 0 bridgehead atoms. The molecule has 0 aromatic heterocycles. The normalized spacial score (nSPS) is 21.2. The number of hydrogen-bond donors (Lipinski definition) is 1. The molecule has 1 unspecified atom stereocenters. The van der Waals surface area contributed by atoms with Crippen LogP contribution in [-0.4, -0.2) is 95.6 Å². The first-order valence-corrected chi connectivity index (χ1v) is 16.1. The zero-order valence-corrected chi connectivity index (χ0v) is 27.8. The van der Waals surface area contributed by atoms with Crippen LogP contribution in [-0.2, 0) is 25.2 Å². The molecular formula is C31H31ClF3N3O9S. The minimum Gasteiger partial charge on any atom is -0.497 e. The van der Waals surface area contributed by atoms with Gasteiger partial charge in [-0.25, -0.2) is 12.7 Å². The van der Waals surface area contributed by atoms with Crippen molar-refractivity contribution < 1.29 is 55.2 Å². The van der Waals surface area contributed by atoms with Crippen molar-refractivity contribution in [3.63, 3.8) is 0 Å². The summed E-state index contributed by atoms with van der Waals surface area (Å²) in [4.78, 5) is 30.6. The molecular weight excluding hydrogens is 683 g/mol. The molecule has 48 heavy (non-hydrogen) atoms. The van der Waals surface area contributed by atoms with E-state index in [1.54, 1.807) is 0 Å². The fourth-order valence-corrected chi connectivity index (χ4v) is 8.03. The summed E-state index contributed by atoms with van der Waals surface area (Å²) in [6, 6.07) is 9.83. The molecule has 17 heteroatoms. The SMILES string of the molecule is COc1ccc(S(=O)(=O)N2C(=O)C(c3cccc(OC)c3OC)(N3C[C@H](O)C[C@H]3C(=O)N(C)C)c3cc(Cl)ccc32)c(OC(F)(F)F)c1. The number of anilines is 1. The van der Waals surface area contributed by atoms with E-state index in [1.165, 1.54) is 74.5 Å². The number of β-amino-alcohol motifs (C(OH)–C–C–N with tert-alkyl or cyclic N) is 1. The van der Waals surface area contributed by atoms with Crippen molar-refractivity contribution in [2.24, 2.45) is 0 Å². The number of rotatable bonds is 9. The number of benzene rings is 3. The predicted octanol–water partition coefficient (Wildman–Crippen LogP) is 3.77. The summed E-state index contributed by atoms with van der Waals surface area (Å²) >= 11 is 6.48. The minimum atomic E-state index is -5.32. The van der Waals surface area contributed by atoms with Gasteiger partial charge in [0.15, 0.2) is 22.8 Å². The fourth-order valence-electron chi connectivity index (χ4n) is 6.30. The Labute approximate surface area is 279 Å². The summed E-state index contributed by atoms with van der Waals surface area (Å²) < 4.78 is 90.5. The van der Waals surface area contributed by atoms with Gasteiger partial charge in [-0.05, 0) is 42.8 Å². The van der Waals surface area contributed by atoms with Gasteiger partial charge < -0.3 is 29.0 Å². The second kappa shape index (κ2) is 12.7. The fraction of sp³-hybridized carbons (Fsp3) is 0.355. The molecule has 12 nitrogen and oxygen atoms in total. The zero-order valence-electron chi connectivity index (χ0n) is 26.2. The molecule has 258 valence electrons. The van der Waals surface area contributed by atoms with Crippen LogP contribution in [0.2, 0.25) is 5.02 Å². The number of likely N-dealkylation sites (tertiary alicyclic amines) is 1. The standard InChI is InChI=1S/C31H31ClF3N3O9S/c1-36(2)28(40)23-14-18(39)16-37(23)30(20-7-6-8-24(45-4)27(20)46-5)21-13-17(32)9-11-22(21)38(29(30)41)48(42,43)26-12-10-19(44-3)15-25(26)47-31(33,34)35/h6-13,15,18,23,39H,14,16H2,1-5H3/t18-,23+,30?/m1/s1. The Morgan fingerprint density at radius 2 is 1.71 bits per heavy atom. The second-order valence-corrected chi connectivity index (χ2v) is 13.3. The van der Waals surface area contributed by atoms with Crippen LogP contribution in [0, 0.1) is 0 Å². The molecule has 3 aromatic carbocycles. The Bertz CT molecular complexity index is 1880. The van der Waals surface area contributed by atoms with Crippen LogP contribution in [0.15, 0.2) is 59.5 Å². The highest BCUT2D eigenvalue weighted by atomic mass is 35.5. The molecule has 0 radical (unpaired) electrons. The predicted molar refractivity (Wildman–Crippen MR) is 166 cm³/mol. The Balaban J connectivity index is 1.89. The van der Waals surface area contributed by atoms with E-state index in [2.05, 4.69) is 4.74 Å². The average Bonchev–Trinajstić information content (AvgIpc) is 3.53. The number of hydrogen-bond acceptors (Lipinski definition) is 10. The number of aliphatic hydroxyl groups excluding tert-OH is 1. The van der Waals surface area contributed by atoms with E-state index < -0.39 is 56.5 Å². The van der Waals surface area contributed by atoms with E-state index in [0.29, 0.717) is 4.31 Å². The molecule has 2 heterocycles. The summed E-state index contributed by atoms with van der Waals surface area (Å²) in [6.45, 7) is -0.304. The number of nitrogens with zero attached hydrogens (tertiary/aromatic N) is 3. The highest BCUT2D eigenvalue weighted by Gasteiger charge is 2.64. The van der Waals surface area contributed by atoms with Gasteiger partial charge in [0, 0.05) is 42.9 Å². The molecule has 3 aromatic rings. The van der Waals surface area contributed by atoms with Crippen molar-refractivity contribution in [2.75, 3.05) is 46.3 Å². The Morgan fingerprint density at radius 3 is 2.31 bits per heavy atom. The second-order valence-electron chi connectivity index (χ2n) is 11.1. The Morgan fingerprint density at radius 1 is 1.00 bits per heavy atom. The molecule has 5 rings (SSSR count). The summed E-state index contributed by atoms with van der Waals surface area (Å²) in [7, 11) is 1.51. The third-order valence-corrected chi connectivity index (χ3v) is 10.2. The van der Waals surface area contributed by atoms with Crippen LogP contribution in [0.3, 0.4) is 0 Å². The van der Waals surface area contributed by atoms with Gasteiger partial charge in [-0.15, -0.1) is 13.2 Å². The monoisotopic (exact) mass is 713 g/mol. The molecule has 3 atom stereocenters. The number of amides is 2. The maximum Gasteiger partial charge on any atom is 0.573 e. The molecule has 1 saturated heterocycles. The number of sulfonamides is 1. The van der Waals surface area contributed by atoms with Crippen molar-refractivity contribution in [3.8, 4) is 23.0 Å². The summed E-state index contributed by atoms with van der Waals surface area (Å²) in [5.74, 6) is -2.91. The van der Waals surface area contributed by atoms with Crippen LogP contribution in [0.4, 0.5) is 18.9 Å². The van der Waals surface area contributed by atoms with Crippen molar-refractivity contribution in [1.82, 2.24) is 9.80 Å². The number of likely N-dealkylation sites (N-methyl/N-ethyl adjacent to an activating group) is 1. The molecule has 0 saturated carbocycles. The summed E-state index contributed by atoms with van der Waals surface area (Å²) in [6.07, 6.45) is -6.61. The number of fused-ring (bicyclic) bond motifs is 1. The topological polar surface area (TPSA) is 135 Å². The lowest BCUT2D eigenvalue weighted by atomic mass is 9.80. The van der Waals surface area contributed by atoms with Crippen LogP contribution in [0.5, 0.6) is 23.0 Å². The number of methoxy groups -OCH3 is 3. The number of carbonyl (C=O) groups is 2. The van der Waals surface area contributed by atoms with Crippen molar-refractivity contribution >= 4 is 39.1 Å². The molecule has 2 aliphatic heterocycles. The van der Waals surface area contributed by atoms with Gasteiger partial charge in [-0.1, -0.05) is 23.7 Å². The number of aliphatic hydroxyl groups is 1. The van der Waals surface area contributed by atoms with Crippen molar-refractivity contribution in [3.05, 3.63) is 70.7 Å². The van der Waals surface area contributed by atoms with E-state index in [9.17, 15) is 31.5 Å². The molecule has 0 spiro atoms. The highest BCUT2D eigenvalue weighted by molar-refractivity contribution is 7.93. The van der Waals surface area contributed by atoms with Crippen LogP contribution in [0.1, 0.15) is 17.5 Å². The number of halogens is 4. The van der Waals surface area contributed by atoms with Crippen molar-refractivity contribution in [1.29, 1.82) is 0 Å². The van der Waals surface area contributed by atoms with Crippen molar-refractivity contribution in [2.45, 2.75) is 35.4 Å². The number of carbonyl (C=O) groups excluding carboxylic acids is 2. The van der Waals surface area contributed by atoms with Gasteiger partial charge in [-0.2, -0.15) is 0 Å². The quantitative estimate of drug-likeness (QED) is 0.349. The molecule has 1 fully saturated rings. The maximum absolute atomic E-state index is 15.3. The minimum absolute atomic E-state index is 0.0125. The third-order valence-electron chi connectivity index (χ3n) is 8.18. The number of alkyl halides is 3. The maximum atomic E-state index is 15.3. The van der Waals surface area contributed by atoms with E-state index in [4.69, 9.17) is 25.8 Å². The molecule has 0 aliphatic carbocycles. The lowest BCUT2D eigenvalue weighted by Crippen LogP contribution is -2.59. The van der Waals surface area contributed by atoms with E-state index in [-0.39, 0.29) is 52.1 Å². The van der Waals surface area contributed by atoms with Crippen LogP contribution < -0.4 is 23.3 Å². The van der Waals surface area contributed by atoms with Gasteiger partial charge in [-0.3, -0.25) is 14.5 Å². The first kappa shape index (κ1) is 35.1. The third kappa shape index (κ3) is 5.65. The first-order chi connectivity index (χ1) is 22.5. The number of para-hydroxylation sites is 1. The summed E-state index contributed by atoms with van der Waals surface area (Å²) in [5, 5.41) is 11.0. The van der Waals surface area contributed by atoms with Gasteiger partial charge in [0.25, 0.3) is 15.9 Å². The molecule has 2 amide bonds. The first-order valence-electron chi connectivity index (χ1n) is 14.2. The molecule has 1 N–H and O–H groups in total. The lowest BCUT2D eigenvalue weighted by molar-refractivity contribution is -0.275. The van der Waals surface area contributed by atoms with Gasteiger partial charge in [0.2, 0.25) is 5.91 Å². The largest absolute Gasteiger partial charge is 0.573 e. The summed E-state index contributed by atoms with van der Waals surface area (Å²) in [5.41, 5.74) is -2.57. The van der Waals surface area contributed by atoms with Gasteiger partial charge in [0.1, 0.15) is 10.6 Å². The average molecular weight is 714 g/mol. The molecule has 2 aliphatic rings. The van der Waals surface area contributed by atoms with Gasteiger partial charge >= 0.3 is 6.36 Å². The van der Waals surface area contributed by atoms with E-state index in [0.717, 1.165) is 25.3 Å². The van der Waals surface area contributed by atoms with E-state index >= 15 is 4.79 Å². The van der Waals surface area contributed by atoms with Crippen LogP contribution >= 0.6 is 11.6 Å². The van der Waals surface area contributed by atoms with Gasteiger partial charge in [0.05, 0.1) is 39.2 Å². The Kier molecular flexibility index (Phi) is 9.24. The number of ether oxygens (including phenoxy) is 4. The zero-order chi connectivity index (χ0) is 35.3.